The van der Waals surface area contributed by atoms with E-state index in [1.165, 1.54) is 10.9 Å². The van der Waals surface area contributed by atoms with E-state index in [4.69, 9.17) is 16.3 Å². The van der Waals surface area contributed by atoms with Crippen molar-refractivity contribution in [1.82, 2.24) is 9.78 Å². The highest BCUT2D eigenvalue weighted by Crippen LogP contribution is 2.17. The van der Waals surface area contributed by atoms with Crippen LogP contribution < -0.4 is 15.7 Å². The van der Waals surface area contributed by atoms with Gasteiger partial charge in [-0.3, -0.25) is 10.2 Å². The molecule has 1 N–H and O–H groups in total. The molecule has 0 aliphatic rings. The van der Waals surface area contributed by atoms with Crippen LogP contribution in [0.3, 0.4) is 0 Å². The van der Waals surface area contributed by atoms with Crippen molar-refractivity contribution in [1.29, 1.82) is 0 Å². The topological polar surface area (TPSA) is 68.5 Å². The first-order chi connectivity index (χ1) is 13.7. The van der Waals surface area contributed by atoms with Gasteiger partial charge in [0.05, 0.1) is 24.7 Å². The first-order valence-electron chi connectivity index (χ1n) is 9.04. The zero-order valence-electron chi connectivity index (χ0n) is 15.5. The molecule has 0 fully saturated rings. The number of anilines is 1. The van der Waals surface area contributed by atoms with E-state index in [9.17, 15) is 4.79 Å². The Bertz CT molecular complexity index is 986. The van der Waals surface area contributed by atoms with Gasteiger partial charge in [-0.2, -0.15) is 14.9 Å². The van der Waals surface area contributed by atoms with Crippen LogP contribution in [0.25, 0.3) is 5.69 Å². The average Bonchev–Trinajstić information content (AvgIpc) is 2.73. The van der Waals surface area contributed by atoms with Gasteiger partial charge >= 0.3 is 0 Å². The van der Waals surface area contributed by atoms with Gasteiger partial charge in [-0.1, -0.05) is 43.1 Å². The molecule has 28 heavy (non-hydrogen) atoms. The standard InChI is InChI=1S/C21H21ClN4O2/c1-2-3-13-28-18-11-9-16(10-12-18)14-23-25-19-15-24-26(21(27)20(19)22)17-7-5-4-6-8-17/h4-12,14-15,25H,2-3,13H2,1H3/b23-14-. The van der Waals surface area contributed by atoms with Crippen molar-refractivity contribution >= 4 is 23.5 Å². The summed E-state index contributed by atoms with van der Waals surface area (Å²) in [5.74, 6) is 0.829. The first kappa shape index (κ1) is 19.6. The van der Waals surface area contributed by atoms with Crippen molar-refractivity contribution < 1.29 is 4.74 Å². The molecule has 0 spiro atoms. The average molecular weight is 397 g/mol. The molecule has 0 aliphatic carbocycles. The maximum Gasteiger partial charge on any atom is 0.292 e. The number of aromatic nitrogens is 2. The lowest BCUT2D eigenvalue weighted by Crippen LogP contribution is -2.22. The number of hydrogen-bond acceptors (Lipinski definition) is 5. The van der Waals surface area contributed by atoms with Crippen LogP contribution in [-0.4, -0.2) is 22.6 Å². The molecule has 7 heteroatoms. The van der Waals surface area contributed by atoms with Gasteiger partial charge in [0.15, 0.2) is 0 Å². The maximum atomic E-state index is 12.4. The SMILES string of the molecule is CCCCOc1ccc(/C=N\Nc2cnn(-c3ccccc3)c(=O)c2Cl)cc1. The van der Waals surface area contributed by atoms with Crippen molar-refractivity contribution in [3.8, 4) is 11.4 Å². The van der Waals surface area contributed by atoms with Gasteiger partial charge < -0.3 is 4.74 Å². The van der Waals surface area contributed by atoms with E-state index >= 15 is 0 Å². The largest absolute Gasteiger partial charge is 0.494 e. The summed E-state index contributed by atoms with van der Waals surface area (Å²) in [5, 5.41) is 8.31. The van der Waals surface area contributed by atoms with Gasteiger partial charge in [0.25, 0.3) is 5.56 Å². The van der Waals surface area contributed by atoms with Gasteiger partial charge in [-0.05, 0) is 48.4 Å². The van der Waals surface area contributed by atoms with Gasteiger partial charge in [0, 0.05) is 0 Å². The Labute approximate surface area is 168 Å². The summed E-state index contributed by atoms with van der Waals surface area (Å²) in [6.07, 6.45) is 5.24. The predicted octanol–water partition coefficient (Wildman–Crippen LogP) is 4.51. The number of hydrogen-bond donors (Lipinski definition) is 1. The Morgan fingerprint density at radius 2 is 1.93 bits per heavy atom. The van der Waals surface area contributed by atoms with E-state index in [0.717, 1.165) is 24.2 Å². The zero-order chi connectivity index (χ0) is 19.8. The number of nitrogens with one attached hydrogen (secondary N) is 1. The molecule has 0 amide bonds. The molecule has 6 nitrogen and oxygen atoms in total. The van der Waals surface area contributed by atoms with Crippen LogP contribution in [0.15, 0.2) is 70.7 Å². The molecule has 0 saturated carbocycles. The fourth-order valence-electron chi connectivity index (χ4n) is 2.42. The summed E-state index contributed by atoms with van der Waals surface area (Å²) >= 11 is 6.18. The zero-order valence-corrected chi connectivity index (χ0v) is 16.3. The first-order valence-corrected chi connectivity index (χ1v) is 9.42. The number of para-hydroxylation sites is 1. The smallest absolute Gasteiger partial charge is 0.292 e. The van der Waals surface area contributed by atoms with Gasteiger partial charge in [-0.25, -0.2) is 0 Å². The minimum atomic E-state index is -0.415. The molecule has 3 rings (SSSR count). The molecule has 0 aliphatic heterocycles. The number of ether oxygens (including phenoxy) is 1. The molecular weight excluding hydrogens is 376 g/mol. The van der Waals surface area contributed by atoms with Crippen LogP contribution in [0.2, 0.25) is 5.02 Å². The number of nitrogens with zero attached hydrogens (tertiary/aromatic N) is 3. The minimum Gasteiger partial charge on any atom is -0.494 e. The number of benzene rings is 2. The van der Waals surface area contributed by atoms with Gasteiger partial charge in [0.1, 0.15) is 16.5 Å². The lowest BCUT2D eigenvalue weighted by molar-refractivity contribution is 0.309. The maximum absolute atomic E-state index is 12.4. The lowest BCUT2D eigenvalue weighted by atomic mass is 10.2. The third kappa shape index (κ3) is 4.98. The highest BCUT2D eigenvalue weighted by molar-refractivity contribution is 6.32. The molecule has 0 radical (unpaired) electrons. The molecule has 1 heterocycles. The molecule has 1 aromatic heterocycles. The summed E-state index contributed by atoms with van der Waals surface area (Å²) < 4.78 is 6.87. The summed E-state index contributed by atoms with van der Waals surface area (Å²) in [6.45, 7) is 2.84. The van der Waals surface area contributed by atoms with E-state index < -0.39 is 5.56 Å². The Balaban J connectivity index is 1.66. The van der Waals surface area contributed by atoms with Crippen molar-refractivity contribution in [2.24, 2.45) is 5.10 Å². The third-order valence-corrected chi connectivity index (χ3v) is 4.33. The van der Waals surface area contributed by atoms with Crippen molar-refractivity contribution in [2.75, 3.05) is 12.0 Å². The second kappa shape index (κ2) is 9.71. The quantitative estimate of drug-likeness (QED) is 0.345. The van der Waals surface area contributed by atoms with Crippen LogP contribution in [0.4, 0.5) is 5.69 Å². The number of halogens is 1. The van der Waals surface area contributed by atoms with Crippen LogP contribution in [0.1, 0.15) is 25.3 Å². The second-order valence-electron chi connectivity index (χ2n) is 6.07. The molecule has 2 aromatic carbocycles. The molecule has 3 aromatic rings. The number of hydrazone groups is 1. The fraction of sp³-hybridized carbons (Fsp3) is 0.190. The van der Waals surface area contributed by atoms with Crippen LogP contribution in [-0.2, 0) is 0 Å². The lowest BCUT2D eigenvalue weighted by Gasteiger charge is -2.07. The normalized spacial score (nSPS) is 10.9. The van der Waals surface area contributed by atoms with Gasteiger partial charge in [0.2, 0.25) is 0 Å². The van der Waals surface area contributed by atoms with E-state index in [1.807, 2.05) is 42.5 Å². The Kier molecular flexibility index (Phi) is 6.81. The van der Waals surface area contributed by atoms with Crippen LogP contribution >= 0.6 is 11.6 Å². The predicted molar refractivity (Wildman–Crippen MR) is 113 cm³/mol. The Morgan fingerprint density at radius 3 is 2.64 bits per heavy atom. The van der Waals surface area contributed by atoms with E-state index in [-0.39, 0.29) is 5.02 Å². The number of rotatable bonds is 8. The van der Waals surface area contributed by atoms with E-state index in [2.05, 4.69) is 22.5 Å². The Hall–Kier alpha value is -3.12. The highest BCUT2D eigenvalue weighted by Gasteiger charge is 2.09. The minimum absolute atomic E-state index is 0.0238. The molecule has 0 unspecified atom stereocenters. The number of unbranched alkanes of at least 4 members (excludes halogenated alkanes) is 1. The summed E-state index contributed by atoms with van der Waals surface area (Å²) in [7, 11) is 0. The monoisotopic (exact) mass is 396 g/mol. The fourth-order valence-corrected chi connectivity index (χ4v) is 2.60. The highest BCUT2D eigenvalue weighted by atomic mass is 35.5. The molecular formula is C21H21ClN4O2. The van der Waals surface area contributed by atoms with Crippen molar-refractivity contribution in [2.45, 2.75) is 19.8 Å². The molecule has 0 bridgehead atoms. The summed E-state index contributed by atoms with van der Waals surface area (Å²) in [6, 6.07) is 16.7. The second-order valence-corrected chi connectivity index (χ2v) is 6.44. The van der Waals surface area contributed by atoms with Crippen molar-refractivity contribution in [3.63, 3.8) is 0 Å². The summed E-state index contributed by atoms with van der Waals surface area (Å²) in [5.41, 5.74) is 4.23. The third-order valence-electron chi connectivity index (χ3n) is 3.97. The van der Waals surface area contributed by atoms with Gasteiger partial charge in [-0.15, -0.1) is 0 Å². The van der Waals surface area contributed by atoms with E-state index in [1.54, 1.807) is 18.3 Å². The Morgan fingerprint density at radius 1 is 1.18 bits per heavy atom. The van der Waals surface area contributed by atoms with E-state index in [0.29, 0.717) is 18.0 Å². The molecule has 144 valence electrons. The summed E-state index contributed by atoms with van der Waals surface area (Å²) in [4.78, 5) is 12.4. The van der Waals surface area contributed by atoms with Crippen LogP contribution in [0.5, 0.6) is 5.75 Å². The molecule has 0 atom stereocenters. The van der Waals surface area contributed by atoms with Crippen molar-refractivity contribution in [3.05, 3.63) is 81.7 Å². The molecule has 0 saturated heterocycles. The van der Waals surface area contributed by atoms with Crippen LogP contribution in [0, 0.1) is 0 Å².